The van der Waals surface area contributed by atoms with Crippen LogP contribution in [0.1, 0.15) is 0 Å². The second-order valence-electron chi connectivity index (χ2n) is 5.71. The van der Waals surface area contributed by atoms with Crippen LogP contribution >= 0.6 is 7.26 Å². The molecule has 0 bridgehead atoms. The molecule has 0 spiro atoms. The summed E-state index contributed by atoms with van der Waals surface area (Å²) < 4.78 is 41.1. The van der Waals surface area contributed by atoms with Crippen LogP contribution in [0, 0.1) is 0 Å². The molecule has 0 aliphatic heterocycles. The lowest BCUT2D eigenvalue weighted by Gasteiger charge is -2.31. The third-order valence-corrected chi connectivity index (χ3v) is 8.57. The van der Waals surface area contributed by atoms with Gasteiger partial charge in [0, 0.05) is 6.06 Å². The van der Waals surface area contributed by atoms with Gasteiger partial charge in [0.15, 0.2) is 0 Å². The van der Waals surface area contributed by atoms with Gasteiger partial charge in [0.25, 0.3) is 0 Å². The Balaban J connectivity index is 2.33. The molecule has 122 valence electrons. The van der Waals surface area contributed by atoms with Gasteiger partial charge in [-0.3, -0.25) is 0 Å². The van der Waals surface area contributed by atoms with Gasteiger partial charge in [0.1, 0.15) is 15.9 Å². The first kappa shape index (κ1) is 16.8. The average Bonchev–Trinajstić information content (AvgIpc) is 2.61. The van der Waals surface area contributed by atoms with Crippen molar-refractivity contribution in [3.63, 3.8) is 0 Å². The summed E-state index contributed by atoms with van der Waals surface area (Å²) in [5.74, 6) is 0. The molecular formula is C19H17BF3P. The monoisotopic (exact) mass is 344 g/mol. The Morgan fingerprint density at radius 1 is 0.542 bits per heavy atom. The lowest BCUT2D eigenvalue weighted by atomic mass is 9.98. The van der Waals surface area contributed by atoms with E-state index in [0.29, 0.717) is 0 Å². The van der Waals surface area contributed by atoms with E-state index in [4.69, 9.17) is 0 Å². The van der Waals surface area contributed by atoms with Gasteiger partial charge in [-0.1, -0.05) is 54.6 Å². The molecule has 0 saturated carbocycles. The molecule has 3 aromatic carbocycles. The van der Waals surface area contributed by atoms with Crippen molar-refractivity contribution in [3.05, 3.63) is 91.0 Å². The van der Waals surface area contributed by atoms with Crippen molar-refractivity contribution in [1.29, 1.82) is 0 Å². The highest BCUT2D eigenvalue weighted by atomic mass is 31.2. The van der Waals surface area contributed by atoms with Crippen LogP contribution in [0.4, 0.5) is 12.9 Å². The molecule has 24 heavy (non-hydrogen) atoms. The van der Waals surface area contributed by atoms with Crippen LogP contribution in [0.3, 0.4) is 0 Å². The maximum Gasteiger partial charge on any atom is 0.516 e. The minimum Gasteiger partial charge on any atom is -0.447 e. The minimum atomic E-state index is -4.95. The Labute approximate surface area is 140 Å². The molecular weight excluding hydrogens is 327 g/mol. The summed E-state index contributed by atoms with van der Waals surface area (Å²) in [6.07, 6.45) is 0. The van der Waals surface area contributed by atoms with E-state index in [1.54, 1.807) is 0 Å². The zero-order valence-electron chi connectivity index (χ0n) is 13.0. The summed E-state index contributed by atoms with van der Waals surface area (Å²) in [6.45, 7) is -4.95. The van der Waals surface area contributed by atoms with Gasteiger partial charge in [0.05, 0.1) is 7.26 Å². The van der Waals surface area contributed by atoms with Crippen molar-refractivity contribution in [1.82, 2.24) is 0 Å². The highest BCUT2D eigenvalue weighted by Gasteiger charge is 2.50. The number of halogens is 3. The molecule has 0 amide bonds. The van der Waals surface area contributed by atoms with Crippen LogP contribution < -0.4 is 15.9 Å². The highest BCUT2D eigenvalue weighted by Crippen LogP contribution is 2.57. The molecule has 0 nitrogen and oxygen atoms in total. The van der Waals surface area contributed by atoms with E-state index in [-0.39, 0.29) is 0 Å². The van der Waals surface area contributed by atoms with E-state index in [2.05, 4.69) is 0 Å². The van der Waals surface area contributed by atoms with Crippen LogP contribution in [0.15, 0.2) is 91.0 Å². The van der Waals surface area contributed by atoms with Gasteiger partial charge in [-0.05, 0) is 36.4 Å². The van der Waals surface area contributed by atoms with Crippen molar-refractivity contribution >= 4 is 30.2 Å². The number of rotatable bonds is 5. The van der Waals surface area contributed by atoms with Crippen LogP contribution in [0.2, 0.25) is 0 Å². The fraction of sp³-hybridized carbons (Fsp3) is 0.0526. The first-order valence-electron chi connectivity index (χ1n) is 7.78. The first-order valence-corrected chi connectivity index (χ1v) is 9.76. The summed E-state index contributed by atoms with van der Waals surface area (Å²) in [4.78, 5) is 0. The topological polar surface area (TPSA) is 0 Å². The van der Waals surface area contributed by atoms with Crippen LogP contribution in [-0.4, -0.2) is 13.0 Å². The van der Waals surface area contributed by atoms with Gasteiger partial charge in [-0.25, -0.2) is 0 Å². The predicted molar refractivity (Wildman–Crippen MR) is 99.1 cm³/mol. The van der Waals surface area contributed by atoms with Crippen molar-refractivity contribution in [2.24, 2.45) is 0 Å². The second-order valence-corrected chi connectivity index (χ2v) is 9.24. The van der Waals surface area contributed by atoms with E-state index in [1.165, 1.54) is 0 Å². The Bertz CT molecular complexity index is 677. The molecule has 0 saturated heterocycles. The van der Waals surface area contributed by atoms with Crippen molar-refractivity contribution < 1.29 is 12.9 Å². The Hall–Kier alpha value is -2.06. The lowest BCUT2D eigenvalue weighted by Crippen LogP contribution is -2.40. The summed E-state index contributed by atoms with van der Waals surface area (Å²) in [7, 11) is -2.77. The molecule has 0 atom stereocenters. The Morgan fingerprint density at radius 3 is 1.08 bits per heavy atom. The number of benzene rings is 3. The standard InChI is InChI=1S/C19H17BF3P/c21-20(22,23)16-24(17-10-4-1-5-11-17,18-12-6-2-7-13-18)19-14-8-3-9-15-19/h1-15H,16H2. The zero-order chi connectivity index (χ0) is 17.0. The second kappa shape index (κ2) is 6.82. The van der Waals surface area contributed by atoms with Crippen molar-refractivity contribution in [2.75, 3.05) is 6.06 Å². The summed E-state index contributed by atoms with van der Waals surface area (Å²) in [5, 5.41) is 2.30. The third-order valence-electron chi connectivity index (χ3n) is 4.07. The fourth-order valence-corrected chi connectivity index (χ4v) is 7.31. The zero-order valence-corrected chi connectivity index (χ0v) is 13.9. The molecule has 0 unspecified atom stereocenters. The summed E-state index contributed by atoms with van der Waals surface area (Å²) >= 11 is 0. The molecule has 0 N–H and O–H groups in total. The summed E-state index contributed by atoms with van der Waals surface area (Å²) in [6, 6.07) is 26.6. The Morgan fingerprint density at radius 2 is 0.833 bits per heavy atom. The molecule has 0 aliphatic carbocycles. The lowest BCUT2D eigenvalue weighted by molar-refractivity contribution is 0.484. The SMILES string of the molecule is F[B-](F)(F)C[P+](c1ccccc1)(c1ccccc1)c1ccccc1. The third kappa shape index (κ3) is 3.39. The maximum atomic E-state index is 13.7. The van der Waals surface area contributed by atoms with Crippen LogP contribution in [0.25, 0.3) is 0 Å². The molecule has 0 aliphatic rings. The largest absolute Gasteiger partial charge is 0.516 e. The van der Waals surface area contributed by atoms with Gasteiger partial charge < -0.3 is 12.9 Å². The Kier molecular flexibility index (Phi) is 4.77. The molecule has 0 fully saturated rings. The summed E-state index contributed by atoms with van der Waals surface area (Å²) in [5.41, 5.74) is 0. The molecule has 0 radical (unpaired) electrons. The number of hydrogen-bond acceptors (Lipinski definition) is 0. The number of hydrogen-bond donors (Lipinski definition) is 0. The van der Waals surface area contributed by atoms with Gasteiger partial charge in [-0.2, -0.15) is 0 Å². The normalized spacial score (nSPS) is 12.1. The van der Waals surface area contributed by atoms with Gasteiger partial charge in [0.2, 0.25) is 0 Å². The van der Waals surface area contributed by atoms with E-state index in [0.717, 1.165) is 15.9 Å². The van der Waals surface area contributed by atoms with Gasteiger partial charge >= 0.3 is 6.98 Å². The first-order chi connectivity index (χ1) is 11.5. The molecule has 0 heterocycles. The van der Waals surface area contributed by atoms with Crippen molar-refractivity contribution in [3.8, 4) is 0 Å². The van der Waals surface area contributed by atoms with E-state index >= 15 is 0 Å². The van der Waals surface area contributed by atoms with Crippen molar-refractivity contribution in [2.45, 2.75) is 0 Å². The molecule has 3 rings (SSSR count). The molecule has 3 aromatic rings. The minimum absolute atomic E-state index is 0.765. The maximum absolute atomic E-state index is 13.7. The molecule has 0 aromatic heterocycles. The smallest absolute Gasteiger partial charge is 0.447 e. The predicted octanol–water partition coefficient (Wildman–Crippen LogP) is 4.37. The average molecular weight is 344 g/mol. The van der Waals surface area contributed by atoms with Crippen LogP contribution in [0.5, 0.6) is 0 Å². The molecule has 5 heteroatoms. The van der Waals surface area contributed by atoms with E-state index in [1.807, 2.05) is 91.0 Å². The highest BCUT2D eigenvalue weighted by molar-refractivity contribution is 7.97. The quantitative estimate of drug-likeness (QED) is 0.476. The van der Waals surface area contributed by atoms with Crippen LogP contribution in [-0.2, 0) is 0 Å². The van der Waals surface area contributed by atoms with Gasteiger partial charge in [-0.15, -0.1) is 0 Å². The fourth-order valence-electron chi connectivity index (χ4n) is 3.12. The van der Waals surface area contributed by atoms with E-state index in [9.17, 15) is 12.9 Å². The van der Waals surface area contributed by atoms with E-state index < -0.39 is 20.3 Å².